The largest absolute Gasteiger partial charge is 0.318 e. The van der Waals surface area contributed by atoms with Crippen LogP contribution in [0.2, 0.25) is 0 Å². The van der Waals surface area contributed by atoms with Crippen LogP contribution in [0.15, 0.2) is 29.2 Å². The van der Waals surface area contributed by atoms with Crippen LogP contribution in [0.1, 0.15) is 35.0 Å². The fraction of sp³-hybridized carbons (Fsp3) is 0.300. The molecule has 0 atom stereocenters. The minimum Gasteiger partial charge on any atom is -0.318 e. The Morgan fingerprint density at radius 3 is 2.44 bits per heavy atom. The number of carbonyl (C=O) groups is 1. The number of thioether (sulfide) groups is 1. The first-order chi connectivity index (χ1) is 11.8. The van der Waals surface area contributed by atoms with Crippen molar-refractivity contribution in [1.82, 2.24) is 9.47 Å². The highest BCUT2D eigenvalue weighted by Crippen LogP contribution is 2.33. The molecule has 0 saturated carbocycles. The van der Waals surface area contributed by atoms with Gasteiger partial charge >= 0.3 is 0 Å². The molecule has 0 aliphatic carbocycles. The standard InChI is InChI=1S/C20H22N2OS2/c1-6-21-19(23)18(25-20(21)24)11-16-10-14(4)22(15(16)5)17-8-7-12(2)13(3)9-17/h7-11H,6H2,1-5H3/b18-11-. The first-order valence-electron chi connectivity index (χ1n) is 8.35. The number of carbonyl (C=O) groups excluding carboxylic acids is 1. The van der Waals surface area contributed by atoms with Gasteiger partial charge in [-0.1, -0.05) is 30.0 Å². The third kappa shape index (κ3) is 3.18. The molecule has 2 aromatic rings. The zero-order valence-corrected chi connectivity index (χ0v) is 16.8. The number of hydrogen-bond acceptors (Lipinski definition) is 3. The molecule has 130 valence electrons. The summed E-state index contributed by atoms with van der Waals surface area (Å²) in [6, 6.07) is 8.62. The van der Waals surface area contributed by atoms with Crippen LogP contribution in [0, 0.1) is 27.7 Å². The second-order valence-electron chi connectivity index (χ2n) is 6.36. The number of likely N-dealkylation sites (N-methyl/N-ethyl adjacent to an activating group) is 1. The van der Waals surface area contributed by atoms with Gasteiger partial charge in [-0.05, 0) is 75.6 Å². The number of nitrogens with zero attached hydrogens (tertiary/aromatic N) is 2. The van der Waals surface area contributed by atoms with Crippen LogP contribution in [0.4, 0.5) is 0 Å². The predicted octanol–water partition coefficient (Wildman–Crippen LogP) is 4.93. The first-order valence-corrected chi connectivity index (χ1v) is 9.58. The maximum absolute atomic E-state index is 12.4. The molecule has 1 saturated heterocycles. The molecule has 25 heavy (non-hydrogen) atoms. The van der Waals surface area contributed by atoms with Gasteiger partial charge < -0.3 is 4.57 Å². The smallest absolute Gasteiger partial charge is 0.266 e. The fourth-order valence-electron chi connectivity index (χ4n) is 3.11. The highest BCUT2D eigenvalue weighted by atomic mass is 32.2. The van der Waals surface area contributed by atoms with E-state index >= 15 is 0 Å². The van der Waals surface area contributed by atoms with E-state index < -0.39 is 0 Å². The van der Waals surface area contributed by atoms with Gasteiger partial charge in [0.25, 0.3) is 5.91 Å². The number of aromatic nitrogens is 1. The Morgan fingerprint density at radius 2 is 1.84 bits per heavy atom. The maximum Gasteiger partial charge on any atom is 0.266 e. The van der Waals surface area contributed by atoms with Gasteiger partial charge in [-0.3, -0.25) is 9.69 Å². The van der Waals surface area contributed by atoms with Crippen molar-refractivity contribution >= 4 is 40.3 Å². The Hall–Kier alpha value is -1.85. The number of hydrogen-bond donors (Lipinski definition) is 0. The lowest BCUT2D eigenvalue weighted by Gasteiger charge is -2.12. The van der Waals surface area contributed by atoms with Crippen molar-refractivity contribution in [3.63, 3.8) is 0 Å². The number of thiocarbonyl (C=S) groups is 1. The Morgan fingerprint density at radius 1 is 1.12 bits per heavy atom. The van der Waals surface area contributed by atoms with Crippen LogP contribution >= 0.6 is 24.0 Å². The summed E-state index contributed by atoms with van der Waals surface area (Å²) in [7, 11) is 0. The Labute approximate surface area is 158 Å². The minimum absolute atomic E-state index is 0.00786. The summed E-state index contributed by atoms with van der Waals surface area (Å²) in [5, 5.41) is 0. The first kappa shape index (κ1) is 18.0. The van der Waals surface area contributed by atoms with E-state index in [1.807, 2.05) is 13.0 Å². The summed E-state index contributed by atoms with van der Waals surface area (Å²) in [6.45, 7) is 11.0. The molecule has 0 bridgehead atoms. The van der Waals surface area contributed by atoms with E-state index in [0.29, 0.717) is 15.8 Å². The Kier molecular flexibility index (Phi) is 4.89. The minimum atomic E-state index is 0.00786. The van der Waals surface area contributed by atoms with Gasteiger partial charge in [-0.15, -0.1) is 0 Å². The molecule has 1 aliphatic heterocycles. The Balaban J connectivity index is 2.03. The van der Waals surface area contributed by atoms with Crippen molar-refractivity contribution in [1.29, 1.82) is 0 Å². The number of aryl methyl sites for hydroxylation is 3. The van der Waals surface area contributed by atoms with Crippen LogP contribution in [-0.4, -0.2) is 26.2 Å². The van der Waals surface area contributed by atoms with E-state index in [1.165, 1.54) is 22.9 Å². The molecule has 1 amide bonds. The number of amides is 1. The molecular formula is C20H22N2OS2. The molecule has 2 heterocycles. The Bertz CT molecular complexity index is 909. The van der Waals surface area contributed by atoms with E-state index in [-0.39, 0.29) is 5.91 Å². The fourth-order valence-corrected chi connectivity index (χ4v) is 4.48. The van der Waals surface area contributed by atoms with Gasteiger partial charge in [-0.25, -0.2) is 0 Å². The van der Waals surface area contributed by atoms with Gasteiger partial charge in [0.05, 0.1) is 4.91 Å². The average Bonchev–Trinajstić information content (AvgIpc) is 2.99. The lowest BCUT2D eigenvalue weighted by molar-refractivity contribution is -0.121. The van der Waals surface area contributed by atoms with Gasteiger partial charge in [0.2, 0.25) is 0 Å². The summed E-state index contributed by atoms with van der Waals surface area (Å²) < 4.78 is 2.88. The molecule has 0 spiro atoms. The summed E-state index contributed by atoms with van der Waals surface area (Å²) in [5.74, 6) is 0.00786. The van der Waals surface area contributed by atoms with Gasteiger partial charge in [0.1, 0.15) is 4.32 Å². The van der Waals surface area contributed by atoms with Crippen LogP contribution in [0.3, 0.4) is 0 Å². The van der Waals surface area contributed by atoms with Crippen molar-refractivity contribution in [2.75, 3.05) is 6.54 Å². The molecule has 3 rings (SSSR count). The van der Waals surface area contributed by atoms with E-state index in [9.17, 15) is 4.79 Å². The van der Waals surface area contributed by atoms with Crippen molar-refractivity contribution in [2.45, 2.75) is 34.6 Å². The van der Waals surface area contributed by atoms with Crippen LogP contribution in [0.5, 0.6) is 0 Å². The van der Waals surface area contributed by atoms with Gasteiger partial charge in [0, 0.05) is 23.6 Å². The van der Waals surface area contributed by atoms with Crippen molar-refractivity contribution in [3.8, 4) is 5.69 Å². The molecule has 1 fully saturated rings. The summed E-state index contributed by atoms with van der Waals surface area (Å²) >= 11 is 6.68. The second kappa shape index (κ2) is 6.81. The third-order valence-electron chi connectivity index (χ3n) is 4.70. The zero-order chi connectivity index (χ0) is 18.3. The van der Waals surface area contributed by atoms with Crippen molar-refractivity contribution < 1.29 is 4.79 Å². The normalized spacial score (nSPS) is 16.4. The molecule has 1 aromatic heterocycles. The maximum atomic E-state index is 12.4. The second-order valence-corrected chi connectivity index (χ2v) is 8.03. The summed E-state index contributed by atoms with van der Waals surface area (Å²) in [6.07, 6.45) is 1.97. The van der Waals surface area contributed by atoms with E-state index in [4.69, 9.17) is 12.2 Å². The number of rotatable bonds is 3. The molecule has 5 heteroatoms. The molecule has 0 radical (unpaired) electrons. The SMILES string of the molecule is CCN1C(=O)/C(=C/c2cc(C)n(-c3ccc(C)c(C)c3)c2C)SC1=S. The number of benzene rings is 1. The zero-order valence-electron chi connectivity index (χ0n) is 15.2. The highest BCUT2D eigenvalue weighted by molar-refractivity contribution is 8.26. The van der Waals surface area contributed by atoms with Gasteiger partial charge in [-0.2, -0.15) is 0 Å². The summed E-state index contributed by atoms with van der Waals surface area (Å²) in [4.78, 5) is 14.8. The molecule has 1 aliphatic rings. The van der Waals surface area contributed by atoms with Crippen molar-refractivity contribution in [2.24, 2.45) is 0 Å². The molecule has 0 unspecified atom stereocenters. The summed E-state index contributed by atoms with van der Waals surface area (Å²) in [5.41, 5.74) is 7.05. The van der Waals surface area contributed by atoms with Crippen molar-refractivity contribution in [3.05, 3.63) is 57.2 Å². The van der Waals surface area contributed by atoms with E-state index in [1.54, 1.807) is 4.90 Å². The van der Waals surface area contributed by atoms with Crippen LogP contribution in [-0.2, 0) is 4.79 Å². The van der Waals surface area contributed by atoms with Crippen LogP contribution < -0.4 is 0 Å². The van der Waals surface area contributed by atoms with E-state index in [0.717, 1.165) is 22.6 Å². The quantitative estimate of drug-likeness (QED) is 0.566. The topological polar surface area (TPSA) is 25.2 Å². The van der Waals surface area contributed by atoms with E-state index in [2.05, 4.69) is 56.5 Å². The molecule has 0 N–H and O–H groups in total. The van der Waals surface area contributed by atoms with Crippen LogP contribution in [0.25, 0.3) is 11.8 Å². The average molecular weight is 371 g/mol. The lowest BCUT2D eigenvalue weighted by Crippen LogP contribution is -2.27. The molecular weight excluding hydrogens is 348 g/mol. The third-order valence-corrected chi connectivity index (χ3v) is 6.07. The van der Waals surface area contributed by atoms with Gasteiger partial charge in [0.15, 0.2) is 0 Å². The lowest BCUT2D eigenvalue weighted by atomic mass is 10.1. The highest BCUT2D eigenvalue weighted by Gasteiger charge is 2.30. The molecule has 3 nitrogen and oxygen atoms in total. The molecule has 1 aromatic carbocycles. The predicted molar refractivity (Wildman–Crippen MR) is 110 cm³/mol. The monoisotopic (exact) mass is 370 g/mol.